The van der Waals surface area contributed by atoms with Crippen molar-refractivity contribution >= 4 is 5.91 Å². The molecule has 102 valence electrons. The number of amides is 1. The lowest BCUT2D eigenvalue weighted by Crippen LogP contribution is -2.61. The summed E-state index contributed by atoms with van der Waals surface area (Å²) >= 11 is 0. The highest BCUT2D eigenvalue weighted by Gasteiger charge is 2.54. The van der Waals surface area contributed by atoms with Crippen molar-refractivity contribution in [2.45, 2.75) is 51.5 Å². The molecule has 1 N–H and O–H groups in total. The van der Waals surface area contributed by atoms with E-state index in [0.29, 0.717) is 17.4 Å². The van der Waals surface area contributed by atoms with Gasteiger partial charge in [-0.2, -0.15) is 0 Å². The molecule has 0 aromatic rings. The Morgan fingerprint density at radius 2 is 2.11 bits per heavy atom. The average Bonchev–Trinajstić information content (AvgIpc) is 2.64. The smallest absolute Gasteiger partial charge is 0.225 e. The molecule has 3 aliphatic rings. The van der Waals surface area contributed by atoms with Gasteiger partial charge < -0.3 is 10.2 Å². The highest BCUT2D eigenvalue weighted by Crippen LogP contribution is 2.51. The average molecular weight is 250 g/mol. The molecule has 0 bridgehead atoms. The summed E-state index contributed by atoms with van der Waals surface area (Å²) in [6.07, 6.45) is 6.60. The number of nitrogens with zero attached hydrogens (tertiary/aromatic N) is 1. The molecule has 0 aromatic carbocycles. The molecule has 3 unspecified atom stereocenters. The van der Waals surface area contributed by atoms with Crippen molar-refractivity contribution in [3.05, 3.63) is 0 Å². The van der Waals surface area contributed by atoms with Crippen LogP contribution in [0, 0.1) is 17.8 Å². The van der Waals surface area contributed by atoms with Crippen molar-refractivity contribution < 1.29 is 4.79 Å². The second-order valence-electron chi connectivity index (χ2n) is 6.77. The molecule has 1 aliphatic carbocycles. The molecule has 3 fully saturated rings. The van der Waals surface area contributed by atoms with Gasteiger partial charge >= 0.3 is 0 Å². The first-order chi connectivity index (χ1) is 8.63. The van der Waals surface area contributed by atoms with Gasteiger partial charge in [0.25, 0.3) is 0 Å². The molecular formula is C15H26N2O. The van der Waals surface area contributed by atoms with E-state index in [1.807, 2.05) is 13.8 Å². The number of likely N-dealkylation sites (tertiary alicyclic amines) is 1. The van der Waals surface area contributed by atoms with Crippen molar-refractivity contribution in [2.75, 3.05) is 19.6 Å². The number of hydrogen-bond donors (Lipinski definition) is 1. The van der Waals surface area contributed by atoms with Gasteiger partial charge in [0, 0.05) is 24.5 Å². The molecule has 0 radical (unpaired) electrons. The first-order valence-electron chi connectivity index (χ1n) is 7.67. The largest absolute Gasteiger partial charge is 0.342 e. The molecule has 2 aliphatic heterocycles. The van der Waals surface area contributed by atoms with E-state index in [-0.39, 0.29) is 5.92 Å². The molecule has 0 aromatic heterocycles. The van der Waals surface area contributed by atoms with Crippen molar-refractivity contribution in [2.24, 2.45) is 17.8 Å². The maximum atomic E-state index is 12.2. The van der Waals surface area contributed by atoms with Crippen LogP contribution < -0.4 is 5.32 Å². The summed E-state index contributed by atoms with van der Waals surface area (Å²) in [5.41, 5.74) is 0.413. The minimum atomic E-state index is 0.148. The first kappa shape index (κ1) is 12.5. The second-order valence-corrected chi connectivity index (χ2v) is 6.77. The number of hydrogen-bond acceptors (Lipinski definition) is 2. The SMILES string of the molecule is CC(C)C(=O)N1CCCC(C23CCC2CCN3)C1. The Kier molecular flexibility index (Phi) is 3.13. The Balaban J connectivity index is 1.69. The van der Waals surface area contributed by atoms with E-state index in [1.165, 1.54) is 38.6 Å². The van der Waals surface area contributed by atoms with Gasteiger partial charge in [-0.3, -0.25) is 4.79 Å². The van der Waals surface area contributed by atoms with Gasteiger partial charge in [-0.1, -0.05) is 13.8 Å². The van der Waals surface area contributed by atoms with Crippen LogP contribution in [0.25, 0.3) is 0 Å². The molecule has 3 rings (SSSR count). The fraction of sp³-hybridized carbons (Fsp3) is 0.933. The van der Waals surface area contributed by atoms with Crippen molar-refractivity contribution in [1.82, 2.24) is 10.2 Å². The van der Waals surface area contributed by atoms with Crippen LogP contribution in [-0.2, 0) is 4.79 Å². The molecule has 3 nitrogen and oxygen atoms in total. The van der Waals surface area contributed by atoms with E-state index in [1.54, 1.807) is 0 Å². The van der Waals surface area contributed by atoms with Gasteiger partial charge in [-0.15, -0.1) is 0 Å². The fourth-order valence-corrected chi connectivity index (χ4v) is 4.42. The number of carbonyl (C=O) groups excluding carboxylic acids is 1. The van der Waals surface area contributed by atoms with Crippen LogP contribution in [0.2, 0.25) is 0 Å². The number of piperidine rings is 1. The molecule has 18 heavy (non-hydrogen) atoms. The summed E-state index contributed by atoms with van der Waals surface area (Å²) in [6, 6.07) is 0. The minimum absolute atomic E-state index is 0.148. The lowest BCUT2D eigenvalue weighted by molar-refractivity contribution is -0.137. The van der Waals surface area contributed by atoms with Crippen LogP contribution in [0.1, 0.15) is 46.0 Å². The predicted octanol–water partition coefficient (Wildman–Crippen LogP) is 2.02. The summed E-state index contributed by atoms with van der Waals surface area (Å²) in [5, 5.41) is 3.79. The molecule has 1 saturated carbocycles. The van der Waals surface area contributed by atoms with E-state index in [2.05, 4.69) is 10.2 Å². The van der Waals surface area contributed by atoms with E-state index in [0.717, 1.165) is 19.0 Å². The zero-order valence-electron chi connectivity index (χ0n) is 11.7. The van der Waals surface area contributed by atoms with Crippen LogP contribution in [0.15, 0.2) is 0 Å². The zero-order valence-corrected chi connectivity index (χ0v) is 11.7. The molecule has 1 amide bonds. The van der Waals surface area contributed by atoms with Crippen LogP contribution >= 0.6 is 0 Å². The van der Waals surface area contributed by atoms with Crippen molar-refractivity contribution in [3.63, 3.8) is 0 Å². The molecule has 3 heteroatoms. The van der Waals surface area contributed by atoms with Crippen LogP contribution in [0.5, 0.6) is 0 Å². The molecule has 2 heterocycles. The predicted molar refractivity (Wildman–Crippen MR) is 72.2 cm³/mol. The quantitative estimate of drug-likeness (QED) is 0.813. The highest BCUT2D eigenvalue weighted by molar-refractivity contribution is 5.78. The molecular weight excluding hydrogens is 224 g/mol. The second kappa shape index (κ2) is 4.52. The Labute approximate surface area is 110 Å². The third kappa shape index (κ3) is 1.78. The maximum absolute atomic E-state index is 12.2. The van der Waals surface area contributed by atoms with Gasteiger partial charge in [0.1, 0.15) is 0 Å². The van der Waals surface area contributed by atoms with E-state index in [4.69, 9.17) is 0 Å². The lowest BCUT2D eigenvalue weighted by atomic mass is 9.59. The topological polar surface area (TPSA) is 32.3 Å². The molecule has 0 spiro atoms. The van der Waals surface area contributed by atoms with E-state index >= 15 is 0 Å². The standard InChI is InChI=1S/C15H26N2O/c1-11(2)14(18)17-9-3-4-13(10-17)15-7-5-12(15)6-8-16-15/h11-13,16H,3-10H2,1-2H3. The van der Waals surface area contributed by atoms with Gasteiger partial charge in [0.2, 0.25) is 5.91 Å². The maximum Gasteiger partial charge on any atom is 0.225 e. The fourth-order valence-electron chi connectivity index (χ4n) is 4.42. The normalized spacial score (nSPS) is 39.6. The van der Waals surface area contributed by atoms with Crippen LogP contribution in [0.3, 0.4) is 0 Å². The Morgan fingerprint density at radius 3 is 2.72 bits per heavy atom. The Morgan fingerprint density at radius 1 is 1.28 bits per heavy atom. The van der Waals surface area contributed by atoms with Crippen LogP contribution in [-0.4, -0.2) is 36.0 Å². The minimum Gasteiger partial charge on any atom is -0.342 e. The first-order valence-corrected chi connectivity index (χ1v) is 7.67. The van der Waals surface area contributed by atoms with Gasteiger partial charge in [0.05, 0.1) is 0 Å². The number of rotatable bonds is 2. The molecule has 2 saturated heterocycles. The zero-order chi connectivity index (χ0) is 12.8. The summed E-state index contributed by atoms with van der Waals surface area (Å²) in [5.74, 6) is 2.10. The number of carbonyl (C=O) groups is 1. The third-order valence-corrected chi connectivity index (χ3v) is 5.54. The van der Waals surface area contributed by atoms with Gasteiger partial charge in [-0.05, 0) is 50.5 Å². The summed E-state index contributed by atoms with van der Waals surface area (Å²) in [7, 11) is 0. The van der Waals surface area contributed by atoms with Crippen molar-refractivity contribution in [1.29, 1.82) is 0 Å². The summed E-state index contributed by atoms with van der Waals surface area (Å²) in [6.45, 7) is 7.21. The van der Waals surface area contributed by atoms with E-state index in [9.17, 15) is 4.79 Å². The lowest BCUT2D eigenvalue weighted by Gasteiger charge is -2.53. The Bertz CT molecular complexity index is 341. The number of fused-ring (bicyclic) bond motifs is 1. The number of nitrogens with one attached hydrogen (secondary N) is 1. The summed E-state index contributed by atoms with van der Waals surface area (Å²) in [4.78, 5) is 14.3. The highest BCUT2D eigenvalue weighted by atomic mass is 16.2. The third-order valence-electron chi connectivity index (χ3n) is 5.54. The monoisotopic (exact) mass is 250 g/mol. The van der Waals surface area contributed by atoms with Gasteiger partial charge in [0.15, 0.2) is 0 Å². The van der Waals surface area contributed by atoms with Gasteiger partial charge in [-0.25, -0.2) is 0 Å². The molecule has 3 atom stereocenters. The Hall–Kier alpha value is -0.570. The summed E-state index contributed by atoms with van der Waals surface area (Å²) < 4.78 is 0. The van der Waals surface area contributed by atoms with Crippen LogP contribution in [0.4, 0.5) is 0 Å². The van der Waals surface area contributed by atoms with Crippen molar-refractivity contribution in [3.8, 4) is 0 Å². The van der Waals surface area contributed by atoms with E-state index < -0.39 is 0 Å².